The quantitative estimate of drug-likeness (QED) is 0.921. The summed E-state index contributed by atoms with van der Waals surface area (Å²) in [6.07, 6.45) is 3.17. The maximum Gasteiger partial charge on any atom is 0.253 e. The summed E-state index contributed by atoms with van der Waals surface area (Å²) in [5, 5.41) is 3.54. The van der Waals surface area contributed by atoms with Crippen molar-refractivity contribution in [2.45, 2.75) is 13.0 Å². The Labute approximate surface area is 111 Å². The molecule has 0 fully saturated rings. The van der Waals surface area contributed by atoms with Crippen molar-refractivity contribution in [3.63, 3.8) is 0 Å². The number of nitrogens with one attached hydrogen (secondary N) is 1. The van der Waals surface area contributed by atoms with Gasteiger partial charge in [0.25, 0.3) is 5.91 Å². The van der Waals surface area contributed by atoms with E-state index in [1.165, 1.54) is 6.20 Å². The molecular formula is C14H13ClN2O. The predicted molar refractivity (Wildman–Crippen MR) is 71.6 cm³/mol. The summed E-state index contributed by atoms with van der Waals surface area (Å²) in [7, 11) is 0. The molecule has 1 unspecified atom stereocenters. The van der Waals surface area contributed by atoms with Gasteiger partial charge in [-0.2, -0.15) is 0 Å². The first-order valence-corrected chi connectivity index (χ1v) is 6.01. The second kappa shape index (κ2) is 5.65. The standard InChI is InChI=1S/C14H13ClN2O/c1-10(12-6-2-3-7-13(12)15)17-14(18)11-5-4-8-16-9-11/h2-10H,1H3,(H,17,18). The molecular weight excluding hydrogens is 248 g/mol. The lowest BCUT2D eigenvalue weighted by molar-refractivity contribution is 0.0939. The van der Waals surface area contributed by atoms with Crippen molar-refractivity contribution in [2.24, 2.45) is 0 Å². The molecule has 0 saturated heterocycles. The topological polar surface area (TPSA) is 42.0 Å². The van der Waals surface area contributed by atoms with E-state index >= 15 is 0 Å². The Balaban J connectivity index is 2.11. The molecule has 0 saturated carbocycles. The molecule has 1 aromatic carbocycles. The molecule has 4 heteroatoms. The average Bonchev–Trinajstić information content (AvgIpc) is 2.40. The van der Waals surface area contributed by atoms with E-state index in [9.17, 15) is 4.79 Å². The van der Waals surface area contributed by atoms with Crippen LogP contribution in [0.1, 0.15) is 28.9 Å². The van der Waals surface area contributed by atoms with Crippen LogP contribution >= 0.6 is 11.6 Å². The molecule has 1 heterocycles. The maximum absolute atomic E-state index is 11.9. The average molecular weight is 261 g/mol. The minimum Gasteiger partial charge on any atom is -0.345 e. The zero-order chi connectivity index (χ0) is 13.0. The van der Waals surface area contributed by atoms with E-state index in [2.05, 4.69) is 10.3 Å². The summed E-state index contributed by atoms with van der Waals surface area (Å²) in [6.45, 7) is 1.90. The lowest BCUT2D eigenvalue weighted by atomic mass is 10.1. The number of hydrogen-bond acceptors (Lipinski definition) is 2. The van der Waals surface area contributed by atoms with Gasteiger partial charge >= 0.3 is 0 Å². The van der Waals surface area contributed by atoms with Crippen LogP contribution in [0.25, 0.3) is 0 Å². The third-order valence-corrected chi connectivity index (χ3v) is 2.99. The highest BCUT2D eigenvalue weighted by atomic mass is 35.5. The van der Waals surface area contributed by atoms with Crippen molar-refractivity contribution in [1.82, 2.24) is 10.3 Å². The van der Waals surface area contributed by atoms with Crippen LogP contribution in [0.2, 0.25) is 5.02 Å². The van der Waals surface area contributed by atoms with Gasteiger partial charge < -0.3 is 5.32 Å². The van der Waals surface area contributed by atoms with Gasteiger partial charge in [0.05, 0.1) is 11.6 Å². The smallest absolute Gasteiger partial charge is 0.253 e. The van der Waals surface area contributed by atoms with E-state index in [1.807, 2.05) is 31.2 Å². The number of carbonyl (C=O) groups excluding carboxylic acids is 1. The van der Waals surface area contributed by atoms with Crippen LogP contribution in [0.3, 0.4) is 0 Å². The molecule has 0 bridgehead atoms. The number of amides is 1. The number of pyridine rings is 1. The minimum atomic E-state index is -0.157. The van der Waals surface area contributed by atoms with Crippen molar-refractivity contribution in [3.05, 3.63) is 64.9 Å². The van der Waals surface area contributed by atoms with Gasteiger partial charge in [0.15, 0.2) is 0 Å². The molecule has 0 aliphatic carbocycles. The molecule has 1 N–H and O–H groups in total. The molecule has 1 atom stereocenters. The number of rotatable bonds is 3. The summed E-state index contributed by atoms with van der Waals surface area (Å²) in [6, 6.07) is 10.8. The number of nitrogens with zero attached hydrogens (tertiary/aromatic N) is 1. The molecule has 0 radical (unpaired) electrons. The van der Waals surface area contributed by atoms with E-state index < -0.39 is 0 Å². The SMILES string of the molecule is CC(NC(=O)c1cccnc1)c1ccccc1Cl. The summed E-state index contributed by atoms with van der Waals surface area (Å²) in [5.41, 5.74) is 1.44. The van der Waals surface area contributed by atoms with Crippen molar-refractivity contribution in [2.75, 3.05) is 0 Å². The van der Waals surface area contributed by atoms with Gasteiger partial charge in [-0.05, 0) is 30.7 Å². The Hall–Kier alpha value is -1.87. The Morgan fingerprint density at radius 3 is 2.72 bits per heavy atom. The second-order valence-corrected chi connectivity index (χ2v) is 4.37. The number of benzene rings is 1. The predicted octanol–water partition coefficient (Wildman–Crippen LogP) is 3.23. The first kappa shape index (κ1) is 12.6. The molecule has 2 aromatic rings. The maximum atomic E-state index is 11.9. The van der Waals surface area contributed by atoms with E-state index in [1.54, 1.807) is 18.3 Å². The van der Waals surface area contributed by atoms with Crippen LogP contribution in [0.4, 0.5) is 0 Å². The molecule has 1 amide bonds. The number of aromatic nitrogens is 1. The first-order valence-electron chi connectivity index (χ1n) is 5.64. The van der Waals surface area contributed by atoms with E-state index in [4.69, 9.17) is 11.6 Å². The Kier molecular flexibility index (Phi) is 3.95. The van der Waals surface area contributed by atoms with Crippen LogP contribution in [-0.4, -0.2) is 10.9 Å². The second-order valence-electron chi connectivity index (χ2n) is 3.96. The lowest BCUT2D eigenvalue weighted by Gasteiger charge is -2.15. The molecule has 92 valence electrons. The first-order chi connectivity index (χ1) is 8.68. The minimum absolute atomic E-state index is 0.147. The van der Waals surface area contributed by atoms with Crippen molar-refractivity contribution in [3.8, 4) is 0 Å². The highest BCUT2D eigenvalue weighted by molar-refractivity contribution is 6.31. The summed E-state index contributed by atoms with van der Waals surface area (Å²) < 4.78 is 0. The molecule has 18 heavy (non-hydrogen) atoms. The summed E-state index contributed by atoms with van der Waals surface area (Å²) >= 11 is 6.08. The highest BCUT2D eigenvalue weighted by Gasteiger charge is 2.13. The Morgan fingerprint density at radius 2 is 2.06 bits per heavy atom. The normalized spacial score (nSPS) is 11.9. The van der Waals surface area contributed by atoms with E-state index in [-0.39, 0.29) is 11.9 Å². The zero-order valence-corrected chi connectivity index (χ0v) is 10.7. The zero-order valence-electron chi connectivity index (χ0n) is 9.93. The van der Waals surface area contributed by atoms with Gasteiger partial charge in [-0.1, -0.05) is 29.8 Å². The fourth-order valence-corrected chi connectivity index (χ4v) is 1.98. The third kappa shape index (κ3) is 2.87. The van der Waals surface area contributed by atoms with Crippen molar-refractivity contribution in [1.29, 1.82) is 0 Å². The van der Waals surface area contributed by atoms with Gasteiger partial charge in [-0.25, -0.2) is 0 Å². The van der Waals surface area contributed by atoms with Crippen LogP contribution in [0.5, 0.6) is 0 Å². The number of halogens is 1. The Morgan fingerprint density at radius 1 is 1.28 bits per heavy atom. The number of carbonyl (C=O) groups is 1. The van der Waals surface area contributed by atoms with E-state index in [0.717, 1.165) is 5.56 Å². The van der Waals surface area contributed by atoms with Gasteiger partial charge in [-0.3, -0.25) is 9.78 Å². The monoisotopic (exact) mass is 260 g/mol. The fraction of sp³-hybridized carbons (Fsp3) is 0.143. The molecule has 1 aromatic heterocycles. The molecule has 2 rings (SSSR count). The lowest BCUT2D eigenvalue weighted by Crippen LogP contribution is -2.26. The van der Waals surface area contributed by atoms with Crippen LogP contribution in [0, 0.1) is 0 Å². The van der Waals surface area contributed by atoms with E-state index in [0.29, 0.717) is 10.6 Å². The molecule has 0 aliphatic rings. The number of hydrogen-bond donors (Lipinski definition) is 1. The van der Waals surface area contributed by atoms with Crippen LogP contribution in [-0.2, 0) is 0 Å². The van der Waals surface area contributed by atoms with Crippen molar-refractivity contribution < 1.29 is 4.79 Å². The van der Waals surface area contributed by atoms with Crippen LogP contribution < -0.4 is 5.32 Å². The Bertz CT molecular complexity index is 543. The summed E-state index contributed by atoms with van der Waals surface area (Å²) in [4.78, 5) is 15.9. The van der Waals surface area contributed by atoms with Gasteiger partial charge in [0.2, 0.25) is 0 Å². The van der Waals surface area contributed by atoms with Gasteiger partial charge in [-0.15, -0.1) is 0 Å². The molecule has 3 nitrogen and oxygen atoms in total. The molecule has 0 spiro atoms. The molecule has 0 aliphatic heterocycles. The largest absolute Gasteiger partial charge is 0.345 e. The van der Waals surface area contributed by atoms with Crippen LogP contribution in [0.15, 0.2) is 48.8 Å². The summed E-state index contributed by atoms with van der Waals surface area (Å²) in [5.74, 6) is -0.157. The van der Waals surface area contributed by atoms with Crippen molar-refractivity contribution >= 4 is 17.5 Å². The van der Waals surface area contributed by atoms with Gasteiger partial charge in [0.1, 0.15) is 0 Å². The fourth-order valence-electron chi connectivity index (χ4n) is 1.68. The third-order valence-electron chi connectivity index (χ3n) is 2.64. The highest BCUT2D eigenvalue weighted by Crippen LogP contribution is 2.22. The van der Waals surface area contributed by atoms with Gasteiger partial charge in [0, 0.05) is 17.4 Å².